The summed E-state index contributed by atoms with van der Waals surface area (Å²) in [5.41, 5.74) is -0.0341. The fourth-order valence-electron chi connectivity index (χ4n) is 6.94. The first-order valence-electron chi connectivity index (χ1n) is 24.9. The summed E-state index contributed by atoms with van der Waals surface area (Å²) < 4.78 is 76.2. The minimum Gasteiger partial charge on any atom is -0.497 e. The van der Waals surface area contributed by atoms with Crippen LogP contribution in [0.5, 0.6) is 11.5 Å². The smallest absolute Gasteiger partial charge is 0.305 e. The summed E-state index contributed by atoms with van der Waals surface area (Å²) in [6.07, 6.45) is 4.13. The highest BCUT2D eigenvalue weighted by Gasteiger charge is 2.43. The van der Waals surface area contributed by atoms with Crippen molar-refractivity contribution in [3.63, 3.8) is 0 Å². The number of anilines is 1. The van der Waals surface area contributed by atoms with Crippen molar-refractivity contribution in [1.29, 1.82) is 0 Å². The van der Waals surface area contributed by atoms with Gasteiger partial charge in [-0.15, -0.1) is 0 Å². The average molecular weight is 1060 g/mol. The van der Waals surface area contributed by atoms with E-state index in [1.54, 1.807) is 38.3 Å². The molecule has 1 saturated heterocycles. The van der Waals surface area contributed by atoms with Crippen molar-refractivity contribution in [1.82, 2.24) is 25.5 Å². The van der Waals surface area contributed by atoms with E-state index in [1.165, 1.54) is 12.4 Å². The predicted octanol–water partition coefficient (Wildman–Crippen LogP) is 0.641. The summed E-state index contributed by atoms with van der Waals surface area (Å²) in [6.45, 7) is 11.4. The number of aromatic nitrogens is 2. The quantitative estimate of drug-likeness (QED) is 0.0606. The first-order valence-corrected chi connectivity index (χ1v) is 24.9. The number of piperidine rings is 1. The largest absolute Gasteiger partial charge is 0.497 e. The molecular formula is C49H80N6O19. The molecule has 3 N–H and O–H groups in total. The van der Waals surface area contributed by atoms with Crippen molar-refractivity contribution >= 4 is 30.1 Å². The van der Waals surface area contributed by atoms with E-state index in [1.807, 2.05) is 11.0 Å². The maximum Gasteiger partial charge on any atom is 0.305 e. The molecule has 2 aromatic rings. The van der Waals surface area contributed by atoms with Gasteiger partial charge in [0.2, 0.25) is 18.3 Å². The normalized spacial score (nSPS) is 13.1. The van der Waals surface area contributed by atoms with Gasteiger partial charge in [0, 0.05) is 51.2 Å². The van der Waals surface area contributed by atoms with Gasteiger partial charge in [0.25, 0.3) is 5.91 Å². The number of ether oxygens (including phenoxy) is 14. The number of carboxylic acid groups (broad SMARTS) is 1. The zero-order valence-electron chi connectivity index (χ0n) is 43.5. The number of carbonyl (C=O) groups excluding carboxylic acids is 3. The molecule has 1 aliphatic heterocycles. The van der Waals surface area contributed by atoms with Crippen molar-refractivity contribution < 1.29 is 90.6 Å². The van der Waals surface area contributed by atoms with Crippen LogP contribution in [0.3, 0.4) is 0 Å². The maximum absolute atomic E-state index is 13.8. The Morgan fingerprint density at radius 3 is 1.41 bits per heavy atom. The van der Waals surface area contributed by atoms with Crippen LogP contribution in [0.2, 0.25) is 0 Å². The summed E-state index contributed by atoms with van der Waals surface area (Å²) in [5, 5.41) is 14.1. The van der Waals surface area contributed by atoms with Crippen LogP contribution < -0.4 is 25.0 Å². The van der Waals surface area contributed by atoms with E-state index in [4.69, 9.17) is 71.4 Å². The molecule has 0 saturated carbocycles. The number of aliphatic carboxylic acids is 1. The molecule has 0 atom stereocenters. The molecule has 74 heavy (non-hydrogen) atoms. The third-order valence-electron chi connectivity index (χ3n) is 10.9. The van der Waals surface area contributed by atoms with E-state index in [0.29, 0.717) is 214 Å². The lowest BCUT2D eigenvalue weighted by Gasteiger charge is -2.42. The number of benzene rings is 1. The Morgan fingerprint density at radius 2 is 1.03 bits per heavy atom. The van der Waals surface area contributed by atoms with E-state index in [0.717, 1.165) is 5.56 Å². The van der Waals surface area contributed by atoms with Crippen molar-refractivity contribution in [3.8, 4) is 11.5 Å². The summed E-state index contributed by atoms with van der Waals surface area (Å²) in [7, 11) is 4.82. The Labute approximate surface area is 434 Å². The molecule has 3 rings (SSSR count). The third-order valence-corrected chi connectivity index (χ3v) is 10.9. The molecule has 3 amide bonds. The Kier molecular flexibility index (Phi) is 35.4. The topological polar surface area (TPSA) is 274 Å². The van der Waals surface area contributed by atoms with Crippen LogP contribution >= 0.6 is 0 Å². The number of nitrogens with one attached hydrogen (secondary N) is 2. The lowest BCUT2D eigenvalue weighted by molar-refractivity contribution is -0.140. The molecule has 0 radical (unpaired) electrons. The van der Waals surface area contributed by atoms with E-state index >= 15 is 0 Å². The Morgan fingerprint density at radius 1 is 0.622 bits per heavy atom. The SMILES string of the molecule is COc1ccc(OC)c(CN(C)C(=O)C2(NC=O)CCN(c3ncc(C(=O)NCCOCCOCCOCCOCCOCCOCCOCCOCCOCCOCCOCCOCCC(=O)O)cn3)CC2)c1. The van der Waals surface area contributed by atoms with E-state index in [-0.39, 0.29) is 31.4 Å². The van der Waals surface area contributed by atoms with Crippen LogP contribution in [0.25, 0.3) is 0 Å². The Hall–Kier alpha value is -4.90. The lowest BCUT2D eigenvalue weighted by atomic mass is 9.86. The van der Waals surface area contributed by atoms with Gasteiger partial charge in [-0.05, 0) is 31.0 Å². The number of hydrogen-bond donors (Lipinski definition) is 3. The first-order chi connectivity index (χ1) is 36.2. The van der Waals surface area contributed by atoms with Gasteiger partial charge < -0.3 is 91.9 Å². The number of rotatable bonds is 48. The summed E-state index contributed by atoms with van der Waals surface area (Å²) >= 11 is 0. The van der Waals surface area contributed by atoms with Crippen LogP contribution in [0.15, 0.2) is 30.6 Å². The van der Waals surface area contributed by atoms with Crippen LogP contribution in [-0.2, 0) is 77.8 Å². The second kappa shape index (κ2) is 41.4. The molecule has 25 nitrogen and oxygen atoms in total. The van der Waals surface area contributed by atoms with Crippen LogP contribution in [0.1, 0.15) is 35.2 Å². The fraction of sp³-hybridized carbons (Fsp3) is 0.714. The van der Waals surface area contributed by atoms with Gasteiger partial charge in [0.1, 0.15) is 17.0 Å². The second-order valence-corrected chi connectivity index (χ2v) is 16.2. The highest BCUT2D eigenvalue weighted by molar-refractivity contribution is 5.93. The molecule has 2 heterocycles. The van der Waals surface area contributed by atoms with Crippen molar-refractivity contribution in [3.05, 3.63) is 41.7 Å². The molecule has 0 bridgehead atoms. The lowest BCUT2D eigenvalue weighted by Crippen LogP contribution is -2.61. The Balaban J connectivity index is 1.04. The summed E-state index contributed by atoms with van der Waals surface area (Å²) in [5.74, 6) is 0.238. The van der Waals surface area contributed by atoms with Gasteiger partial charge in [-0.3, -0.25) is 19.2 Å². The molecule has 25 heteroatoms. The van der Waals surface area contributed by atoms with Crippen LogP contribution in [-0.4, -0.2) is 249 Å². The molecule has 420 valence electrons. The molecule has 1 fully saturated rings. The van der Waals surface area contributed by atoms with Gasteiger partial charge in [0.15, 0.2) is 0 Å². The van der Waals surface area contributed by atoms with E-state index < -0.39 is 11.5 Å². The van der Waals surface area contributed by atoms with Crippen molar-refractivity contribution in [2.45, 2.75) is 31.3 Å². The zero-order valence-corrected chi connectivity index (χ0v) is 43.5. The monoisotopic (exact) mass is 1060 g/mol. The number of amides is 3. The Bertz CT molecular complexity index is 1780. The maximum atomic E-state index is 13.8. The molecule has 1 aromatic carbocycles. The van der Waals surface area contributed by atoms with Crippen molar-refractivity contribution in [2.75, 3.05) is 204 Å². The van der Waals surface area contributed by atoms with E-state index in [2.05, 4.69) is 20.6 Å². The molecular weight excluding hydrogens is 977 g/mol. The minimum atomic E-state index is -1.10. The molecule has 0 aliphatic carbocycles. The van der Waals surface area contributed by atoms with Gasteiger partial charge in [-0.1, -0.05) is 0 Å². The number of carbonyl (C=O) groups is 4. The number of nitrogens with zero attached hydrogens (tertiary/aromatic N) is 4. The molecule has 0 unspecified atom stereocenters. The van der Waals surface area contributed by atoms with Gasteiger partial charge in [-0.2, -0.15) is 0 Å². The predicted molar refractivity (Wildman–Crippen MR) is 266 cm³/mol. The standard InChI is InChI=1S/C49H80N6O19/c1-54(39-41-36-43(61-2)4-5-44(41)62-3)47(60)49(53-40-56)7-10-55(11-8-49)48-51-37-42(38-52-48)46(59)50-9-13-64-15-17-66-19-21-68-23-25-70-27-29-72-31-33-74-35-34-73-32-30-71-28-26-69-24-22-67-20-18-65-16-14-63-12-6-45(57)58/h4-5,36-38,40H,6-35,39H2,1-3H3,(H,50,59)(H,53,56)(H,57,58). The minimum absolute atomic E-state index is 0.0149. The van der Waals surface area contributed by atoms with Gasteiger partial charge in [0.05, 0.1) is 185 Å². The third kappa shape index (κ3) is 28.1. The highest BCUT2D eigenvalue weighted by Crippen LogP contribution is 2.29. The molecule has 1 aromatic heterocycles. The highest BCUT2D eigenvalue weighted by atomic mass is 16.6. The van der Waals surface area contributed by atoms with Crippen LogP contribution in [0.4, 0.5) is 5.95 Å². The van der Waals surface area contributed by atoms with Gasteiger partial charge >= 0.3 is 5.97 Å². The summed E-state index contributed by atoms with van der Waals surface area (Å²) in [6, 6.07) is 5.38. The molecule has 0 spiro atoms. The number of likely N-dealkylation sites (N-methyl/N-ethyl adjacent to an activating group) is 1. The number of hydrogen-bond acceptors (Lipinski definition) is 21. The van der Waals surface area contributed by atoms with Crippen LogP contribution in [0, 0.1) is 0 Å². The zero-order chi connectivity index (χ0) is 53.2. The molecule has 1 aliphatic rings. The number of carboxylic acids is 1. The average Bonchev–Trinajstić information content (AvgIpc) is 3.41. The van der Waals surface area contributed by atoms with E-state index in [9.17, 15) is 19.2 Å². The van der Waals surface area contributed by atoms with Gasteiger partial charge in [-0.25, -0.2) is 9.97 Å². The second-order valence-electron chi connectivity index (χ2n) is 16.2. The summed E-state index contributed by atoms with van der Waals surface area (Å²) in [4.78, 5) is 60.8. The number of methoxy groups -OCH3 is 2. The van der Waals surface area contributed by atoms with Crippen molar-refractivity contribution in [2.24, 2.45) is 0 Å². The fourth-order valence-corrected chi connectivity index (χ4v) is 6.94. The first kappa shape index (κ1) is 63.4.